The lowest BCUT2D eigenvalue weighted by molar-refractivity contribution is -0.163. The van der Waals surface area contributed by atoms with Crippen LogP contribution >= 0.6 is 0 Å². The molecule has 17 heavy (non-hydrogen) atoms. The van der Waals surface area contributed by atoms with Crippen LogP contribution in [0.5, 0.6) is 0 Å². The highest BCUT2D eigenvalue weighted by molar-refractivity contribution is 4.84. The van der Waals surface area contributed by atoms with E-state index in [9.17, 15) is 13.2 Å². The Labute approximate surface area is 101 Å². The standard InChI is InChI=1S/C13H22F3N/c14-13(15,16)12-9-11(7-8-17-12)6-5-10-3-1-2-4-10/h10-12,17H,1-9H2. The molecule has 0 bridgehead atoms. The number of hydrogen-bond acceptors (Lipinski definition) is 1. The van der Waals surface area contributed by atoms with Crippen LogP contribution in [0.3, 0.4) is 0 Å². The third kappa shape index (κ3) is 3.87. The molecule has 0 aromatic heterocycles. The van der Waals surface area contributed by atoms with Gasteiger partial charge in [-0.25, -0.2) is 0 Å². The summed E-state index contributed by atoms with van der Waals surface area (Å²) >= 11 is 0. The van der Waals surface area contributed by atoms with Gasteiger partial charge in [0.05, 0.1) is 0 Å². The highest BCUT2D eigenvalue weighted by Crippen LogP contribution is 2.34. The molecule has 0 aromatic carbocycles. The number of alkyl halides is 3. The zero-order valence-corrected chi connectivity index (χ0v) is 10.2. The first-order valence-electron chi connectivity index (χ1n) is 6.86. The van der Waals surface area contributed by atoms with E-state index >= 15 is 0 Å². The lowest BCUT2D eigenvalue weighted by atomic mass is 9.85. The topological polar surface area (TPSA) is 12.0 Å². The van der Waals surface area contributed by atoms with Crippen LogP contribution in [0.15, 0.2) is 0 Å². The molecule has 0 radical (unpaired) electrons. The zero-order chi connectivity index (χ0) is 12.3. The summed E-state index contributed by atoms with van der Waals surface area (Å²) in [6, 6.07) is -1.26. The van der Waals surface area contributed by atoms with Crippen molar-refractivity contribution in [2.45, 2.75) is 63.6 Å². The third-order valence-corrected chi connectivity index (χ3v) is 4.37. The van der Waals surface area contributed by atoms with E-state index in [-0.39, 0.29) is 12.3 Å². The van der Waals surface area contributed by atoms with Gasteiger partial charge in [-0.1, -0.05) is 38.5 Å². The minimum absolute atomic E-state index is 0.281. The molecule has 0 spiro atoms. The maximum Gasteiger partial charge on any atom is 0.403 e. The van der Waals surface area contributed by atoms with Gasteiger partial charge in [-0.15, -0.1) is 0 Å². The van der Waals surface area contributed by atoms with Crippen LogP contribution < -0.4 is 5.32 Å². The monoisotopic (exact) mass is 249 g/mol. The van der Waals surface area contributed by atoms with Gasteiger partial charge in [0.15, 0.2) is 0 Å². The predicted octanol–water partition coefficient (Wildman–Crippen LogP) is 3.89. The normalized spacial score (nSPS) is 31.9. The molecule has 1 heterocycles. The molecule has 1 aliphatic heterocycles. The Morgan fingerprint density at radius 3 is 2.24 bits per heavy atom. The van der Waals surface area contributed by atoms with Gasteiger partial charge in [0, 0.05) is 0 Å². The Kier molecular flexibility index (Phi) is 4.34. The van der Waals surface area contributed by atoms with E-state index in [4.69, 9.17) is 0 Å². The van der Waals surface area contributed by atoms with Crippen LogP contribution in [0.25, 0.3) is 0 Å². The molecule has 4 heteroatoms. The fourth-order valence-corrected chi connectivity index (χ4v) is 3.28. The Hall–Kier alpha value is -0.250. The first kappa shape index (κ1) is 13.2. The van der Waals surface area contributed by atoms with Crippen LogP contribution in [-0.2, 0) is 0 Å². The van der Waals surface area contributed by atoms with E-state index in [1.807, 2.05) is 0 Å². The molecule has 2 unspecified atom stereocenters. The van der Waals surface area contributed by atoms with Gasteiger partial charge >= 0.3 is 6.18 Å². The molecule has 2 fully saturated rings. The molecule has 1 aliphatic carbocycles. The number of piperidine rings is 1. The number of nitrogens with one attached hydrogen (secondary N) is 1. The number of rotatable bonds is 3. The van der Waals surface area contributed by atoms with E-state index in [1.54, 1.807) is 0 Å². The zero-order valence-electron chi connectivity index (χ0n) is 10.2. The van der Waals surface area contributed by atoms with E-state index < -0.39 is 12.2 Å². The summed E-state index contributed by atoms with van der Waals surface area (Å²) in [5.41, 5.74) is 0. The SMILES string of the molecule is FC(F)(F)C1CC(CCC2CCCC2)CCN1. The molecule has 0 aromatic rings. The molecule has 1 saturated heterocycles. The average Bonchev–Trinajstić information content (AvgIpc) is 2.78. The van der Waals surface area contributed by atoms with E-state index in [2.05, 4.69) is 5.32 Å². The van der Waals surface area contributed by atoms with Gasteiger partial charge in [0.25, 0.3) is 0 Å². The van der Waals surface area contributed by atoms with Crippen molar-refractivity contribution in [2.75, 3.05) is 6.54 Å². The van der Waals surface area contributed by atoms with Crippen LogP contribution in [0.1, 0.15) is 51.4 Å². The second kappa shape index (κ2) is 5.59. The van der Waals surface area contributed by atoms with Crippen LogP contribution in [0, 0.1) is 11.8 Å². The van der Waals surface area contributed by atoms with Crippen molar-refractivity contribution >= 4 is 0 Å². The first-order valence-corrected chi connectivity index (χ1v) is 6.86. The molecule has 1 nitrogen and oxygen atoms in total. The molecule has 2 rings (SSSR count). The van der Waals surface area contributed by atoms with Crippen molar-refractivity contribution in [1.82, 2.24) is 5.32 Å². The van der Waals surface area contributed by atoms with Crippen LogP contribution in [0.2, 0.25) is 0 Å². The van der Waals surface area contributed by atoms with Gasteiger partial charge in [-0.2, -0.15) is 13.2 Å². The first-order chi connectivity index (χ1) is 8.05. The molecular weight excluding hydrogens is 227 g/mol. The summed E-state index contributed by atoms with van der Waals surface area (Å²) in [6.07, 6.45) is 4.53. The Balaban J connectivity index is 1.73. The minimum atomic E-state index is -4.06. The Morgan fingerprint density at radius 1 is 0.941 bits per heavy atom. The number of hydrogen-bond donors (Lipinski definition) is 1. The highest BCUT2D eigenvalue weighted by atomic mass is 19.4. The fourth-order valence-electron chi connectivity index (χ4n) is 3.28. The van der Waals surface area contributed by atoms with Crippen molar-refractivity contribution in [2.24, 2.45) is 11.8 Å². The Bertz CT molecular complexity index is 233. The molecule has 1 N–H and O–H groups in total. The van der Waals surface area contributed by atoms with Gasteiger partial charge in [0.2, 0.25) is 0 Å². The van der Waals surface area contributed by atoms with E-state index in [1.165, 1.54) is 25.7 Å². The maximum absolute atomic E-state index is 12.6. The molecular formula is C13H22F3N. The van der Waals surface area contributed by atoms with E-state index in [0.717, 1.165) is 25.2 Å². The second-order valence-electron chi connectivity index (χ2n) is 5.67. The van der Waals surface area contributed by atoms with Crippen molar-refractivity contribution in [3.05, 3.63) is 0 Å². The number of halogens is 3. The molecule has 1 saturated carbocycles. The fraction of sp³-hybridized carbons (Fsp3) is 1.00. The van der Waals surface area contributed by atoms with Crippen LogP contribution in [-0.4, -0.2) is 18.8 Å². The summed E-state index contributed by atoms with van der Waals surface area (Å²) in [5, 5.41) is 2.59. The average molecular weight is 249 g/mol. The quantitative estimate of drug-likeness (QED) is 0.800. The molecule has 100 valence electrons. The Morgan fingerprint density at radius 2 is 1.59 bits per heavy atom. The van der Waals surface area contributed by atoms with Crippen molar-refractivity contribution < 1.29 is 13.2 Å². The highest BCUT2D eigenvalue weighted by Gasteiger charge is 2.42. The van der Waals surface area contributed by atoms with Crippen molar-refractivity contribution in [1.29, 1.82) is 0 Å². The van der Waals surface area contributed by atoms with E-state index in [0.29, 0.717) is 6.54 Å². The smallest absolute Gasteiger partial charge is 0.306 e. The summed E-state index contributed by atoms with van der Waals surface area (Å²) < 4.78 is 37.8. The minimum Gasteiger partial charge on any atom is -0.306 e. The summed E-state index contributed by atoms with van der Waals surface area (Å²) in [6.45, 7) is 0.527. The maximum atomic E-state index is 12.6. The van der Waals surface area contributed by atoms with Crippen LogP contribution in [0.4, 0.5) is 13.2 Å². The second-order valence-corrected chi connectivity index (χ2v) is 5.67. The lowest BCUT2D eigenvalue weighted by Gasteiger charge is -2.32. The van der Waals surface area contributed by atoms with Gasteiger partial charge < -0.3 is 5.32 Å². The predicted molar refractivity (Wildman–Crippen MR) is 61.8 cm³/mol. The summed E-state index contributed by atoms with van der Waals surface area (Å²) in [5.74, 6) is 1.08. The van der Waals surface area contributed by atoms with Crippen molar-refractivity contribution in [3.8, 4) is 0 Å². The summed E-state index contributed by atoms with van der Waals surface area (Å²) in [4.78, 5) is 0. The lowest BCUT2D eigenvalue weighted by Crippen LogP contribution is -2.47. The van der Waals surface area contributed by atoms with Gasteiger partial charge in [0.1, 0.15) is 6.04 Å². The largest absolute Gasteiger partial charge is 0.403 e. The third-order valence-electron chi connectivity index (χ3n) is 4.37. The van der Waals surface area contributed by atoms with Crippen molar-refractivity contribution in [3.63, 3.8) is 0 Å². The molecule has 0 amide bonds. The summed E-state index contributed by atoms with van der Waals surface area (Å²) in [7, 11) is 0. The van der Waals surface area contributed by atoms with Gasteiger partial charge in [-0.05, 0) is 31.2 Å². The van der Waals surface area contributed by atoms with Gasteiger partial charge in [-0.3, -0.25) is 0 Å². The molecule has 2 aliphatic rings. The molecule has 2 atom stereocenters.